The third-order valence-corrected chi connectivity index (χ3v) is 8.25. The minimum atomic E-state index is -3.02. The molecule has 2 aliphatic heterocycles. The zero-order valence-electron chi connectivity index (χ0n) is 19.8. The summed E-state index contributed by atoms with van der Waals surface area (Å²) in [6.45, 7) is 7.73. The van der Waals surface area contributed by atoms with Crippen molar-refractivity contribution < 1.29 is 18.7 Å². The fourth-order valence-electron chi connectivity index (χ4n) is 5.12. The number of rotatable bonds is 5. The number of anilines is 1. The molecule has 1 N–H and O–H groups in total. The highest BCUT2D eigenvalue weighted by Crippen LogP contribution is 2.37. The minimum absolute atomic E-state index is 0.0197. The zero-order chi connectivity index (χ0) is 24.6. The Morgan fingerprint density at radius 3 is 2.50 bits per heavy atom. The van der Waals surface area contributed by atoms with Gasteiger partial charge in [0.1, 0.15) is 5.52 Å². The average Bonchev–Trinajstić information content (AvgIpc) is 2.81. The van der Waals surface area contributed by atoms with Gasteiger partial charge >= 0.3 is 0 Å². The number of likely N-dealkylation sites (tertiary alicyclic amines) is 1. The van der Waals surface area contributed by atoms with Crippen molar-refractivity contribution in [2.24, 2.45) is 5.92 Å². The Kier molecular flexibility index (Phi) is 7.58. The van der Waals surface area contributed by atoms with E-state index < -0.39 is 5.92 Å². The van der Waals surface area contributed by atoms with Gasteiger partial charge in [0, 0.05) is 51.1 Å². The molecule has 0 aliphatic carbocycles. The molecule has 10 heteroatoms. The molecule has 34 heavy (non-hydrogen) atoms. The number of aliphatic hydroxyl groups excluding tert-OH is 1. The van der Waals surface area contributed by atoms with Crippen molar-refractivity contribution in [3.63, 3.8) is 0 Å². The number of carbonyl (C=O) groups is 1. The van der Waals surface area contributed by atoms with Crippen LogP contribution >= 0.6 is 22.9 Å². The average molecular weight is 587 g/mol. The maximum atomic E-state index is 14.2. The van der Waals surface area contributed by atoms with Crippen molar-refractivity contribution in [1.82, 2.24) is 18.0 Å². The molecule has 2 aliphatic rings. The number of hydrogen-bond acceptors (Lipinski definition) is 6. The molecule has 3 heterocycles. The topological polar surface area (TPSA) is 72.8 Å². The second-order valence-corrected chi connectivity index (χ2v) is 10.8. The molecule has 186 valence electrons. The highest BCUT2D eigenvalue weighted by Gasteiger charge is 2.36. The van der Waals surface area contributed by atoms with Crippen LogP contribution < -0.4 is 4.90 Å². The summed E-state index contributed by atoms with van der Waals surface area (Å²) in [5.74, 6) is -2.65. The molecule has 0 radical (unpaired) electrons. The van der Waals surface area contributed by atoms with E-state index in [1.165, 1.54) is 18.5 Å². The number of benzene rings is 1. The lowest BCUT2D eigenvalue weighted by Gasteiger charge is -2.42. The van der Waals surface area contributed by atoms with Crippen LogP contribution in [0, 0.1) is 5.92 Å². The minimum Gasteiger partial charge on any atom is -0.393 e. The first kappa shape index (κ1) is 25.4. The Balaban J connectivity index is 1.56. The molecule has 1 amide bonds. The number of aliphatic hydroxyl groups is 1. The molecule has 7 nitrogen and oxygen atoms in total. The molecule has 4 rings (SSSR count). The number of carbonyl (C=O) groups excluding carboxylic acids is 1. The molecule has 1 aromatic heterocycles. The number of aromatic nitrogens is 2. The standard InChI is InChI=1S/C24H32F2IN5O2/c1-15-12-17(32(27)23(34)16(2)30-10-6-18(33)7-11-30)14-31(13-15)20-5-4-19(24(3,25)26)21-22(20)29-9-8-28-21/h4-5,8-9,15-18,33H,6-7,10-14H2,1-3H3/t15-,16?,17+/m0/s1. The lowest BCUT2D eigenvalue weighted by molar-refractivity contribution is -0.132. The summed E-state index contributed by atoms with van der Waals surface area (Å²) in [7, 11) is 0. The summed E-state index contributed by atoms with van der Waals surface area (Å²) in [6.07, 6.45) is 4.93. The molecule has 2 saturated heterocycles. The van der Waals surface area contributed by atoms with E-state index in [9.17, 15) is 18.7 Å². The van der Waals surface area contributed by atoms with Crippen molar-refractivity contribution in [3.05, 3.63) is 30.1 Å². The van der Waals surface area contributed by atoms with Gasteiger partial charge in [-0.3, -0.25) is 22.8 Å². The first-order valence-electron chi connectivity index (χ1n) is 11.8. The maximum Gasteiger partial charge on any atom is 0.272 e. The normalized spacial score (nSPS) is 23.8. The van der Waals surface area contributed by atoms with E-state index in [4.69, 9.17) is 0 Å². The third-order valence-electron chi connectivity index (χ3n) is 6.99. The molecule has 1 unspecified atom stereocenters. The van der Waals surface area contributed by atoms with Crippen LogP contribution in [0.4, 0.5) is 14.5 Å². The van der Waals surface area contributed by atoms with E-state index in [1.54, 1.807) is 6.07 Å². The van der Waals surface area contributed by atoms with Crippen LogP contribution in [0.15, 0.2) is 24.5 Å². The van der Waals surface area contributed by atoms with Crippen molar-refractivity contribution in [3.8, 4) is 0 Å². The fourth-order valence-corrected chi connectivity index (χ4v) is 5.93. The summed E-state index contributed by atoms with van der Waals surface area (Å²) in [5, 5.41) is 9.78. The number of piperidine rings is 2. The summed E-state index contributed by atoms with van der Waals surface area (Å²) < 4.78 is 30.2. The van der Waals surface area contributed by atoms with Gasteiger partial charge in [-0.25, -0.2) is 8.78 Å². The molecule has 1 aromatic carbocycles. The largest absolute Gasteiger partial charge is 0.393 e. The quantitative estimate of drug-likeness (QED) is 0.422. The van der Waals surface area contributed by atoms with E-state index in [0.29, 0.717) is 43.9 Å². The predicted molar refractivity (Wildman–Crippen MR) is 136 cm³/mol. The second-order valence-electron chi connectivity index (χ2n) is 9.77. The number of alkyl halides is 2. The van der Waals surface area contributed by atoms with Gasteiger partial charge in [0.15, 0.2) is 0 Å². The lowest BCUT2D eigenvalue weighted by Crippen LogP contribution is -2.54. The van der Waals surface area contributed by atoms with E-state index in [1.807, 2.05) is 10.0 Å². The van der Waals surface area contributed by atoms with Gasteiger partial charge in [-0.05, 0) is 44.2 Å². The molecular formula is C24H32F2IN5O2. The van der Waals surface area contributed by atoms with Gasteiger partial charge in [-0.1, -0.05) is 6.92 Å². The Morgan fingerprint density at radius 1 is 1.21 bits per heavy atom. The fraction of sp³-hybridized carbons (Fsp3) is 0.625. The van der Waals surface area contributed by atoms with E-state index in [0.717, 1.165) is 25.6 Å². The monoisotopic (exact) mass is 587 g/mol. The Bertz CT molecular complexity index is 1030. The number of halogens is 3. The first-order valence-corrected chi connectivity index (χ1v) is 12.8. The number of nitrogens with zero attached hydrogens (tertiary/aromatic N) is 5. The van der Waals surface area contributed by atoms with Gasteiger partial charge < -0.3 is 10.0 Å². The van der Waals surface area contributed by atoms with Gasteiger partial charge in [0.25, 0.3) is 5.92 Å². The van der Waals surface area contributed by atoms with Crippen molar-refractivity contribution in [2.75, 3.05) is 31.1 Å². The smallest absolute Gasteiger partial charge is 0.272 e. The van der Waals surface area contributed by atoms with E-state index in [2.05, 4.69) is 49.6 Å². The van der Waals surface area contributed by atoms with Crippen LogP contribution in [-0.2, 0) is 10.7 Å². The van der Waals surface area contributed by atoms with E-state index in [-0.39, 0.29) is 35.2 Å². The summed E-state index contributed by atoms with van der Waals surface area (Å²) in [6, 6.07) is 2.88. The lowest BCUT2D eigenvalue weighted by atomic mass is 9.94. The van der Waals surface area contributed by atoms with Crippen LogP contribution in [-0.4, -0.2) is 73.4 Å². The summed E-state index contributed by atoms with van der Waals surface area (Å²) in [4.78, 5) is 26.2. The van der Waals surface area contributed by atoms with Crippen molar-refractivity contribution in [2.45, 2.75) is 64.1 Å². The highest BCUT2D eigenvalue weighted by molar-refractivity contribution is 14.1. The molecule has 0 spiro atoms. The first-order chi connectivity index (χ1) is 16.1. The molecule has 2 fully saturated rings. The van der Waals surface area contributed by atoms with Crippen LogP contribution in [0.2, 0.25) is 0 Å². The molecular weight excluding hydrogens is 555 g/mol. The molecule has 0 saturated carbocycles. The SMILES string of the molecule is CC(C(=O)N(I)[C@@H]1C[C@H](C)CN(c2ccc(C(C)(F)F)c3nccnc23)C1)N1CCC(O)CC1. The number of hydrogen-bond donors (Lipinski definition) is 1. The molecule has 3 atom stereocenters. The number of amides is 1. The third kappa shape index (κ3) is 5.28. The maximum absolute atomic E-state index is 14.2. The Morgan fingerprint density at radius 2 is 1.85 bits per heavy atom. The predicted octanol–water partition coefficient (Wildman–Crippen LogP) is 3.98. The Hall–Kier alpha value is -1.66. The van der Waals surface area contributed by atoms with Crippen LogP contribution in [0.5, 0.6) is 0 Å². The van der Waals surface area contributed by atoms with Crippen LogP contribution in [0.25, 0.3) is 11.0 Å². The van der Waals surface area contributed by atoms with Crippen LogP contribution in [0.1, 0.15) is 45.6 Å². The van der Waals surface area contributed by atoms with Gasteiger partial charge in [0.2, 0.25) is 5.91 Å². The molecule has 0 bridgehead atoms. The van der Waals surface area contributed by atoms with E-state index >= 15 is 0 Å². The molecule has 2 aromatic rings. The second kappa shape index (κ2) is 10.1. The number of fused-ring (bicyclic) bond motifs is 1. The zero-order valence-corrected chi connectivity index (χ0v) is 22.0. The van der Waals surface area contributed by atoms with Gasteiger partial charge in [-0.2, -0.15) is 0 Å². The van der Waals surface area contributed by atoms with Crippen molar-refractivity contribution >= 4 is 45.5 Å². The summed E-state index contributed by atoms with van der Waals surface area (Å²) in [5.41, 5.74) is 1.31. The van der Waals surface area contributed by atoms with Gasteiger partial charge in [-0.15, -0.1) is 0 Å². The highest BCUT2D eigenvalue weighted by atomic mass is 127. The van der Waals surface area contributed by atoms with Crippen LogP contribution in [0.3, 0.4) is 0 Å². The summed E-state index contributed by atoms with van der Waals surface area (Å²) >= 11 is 2.13. The Labute approximate surface area is 213 Å². The van der Waals surface area contributed by atoms with Gasteiger partial charge in [0.05, 0.1) is 52.3 Å². The van der Waals surface area contributed by atoms with Crippen molar-refractivity contribution in [1.29, 1.82) is 0 Å².